The second kappa shape index (κ2) is 2.70. The van der Waals surface area contributed by atoms with Gasteiger partial charge >= 0.3 is 0 Å². The molecule has 6 N–H and O–H groups in total. The predicted molar refractivity (Wildman–Crippen MR) is 49.1 cm³/mol. The molecule has 11 heavy (non-hydrogen) atoms. The largest absolute Gasteiger partial charge is 0.399 e. The topological polar surface area (TPSA) is 78.1 Å². The highest BCUT2D eigenvalue weighted by Gasteiger charge is 2.01. The Morgan fingerprint density at radius 3 is 1.91 bits per heavy atom. The summed E-state index contributed by atoms with van der Waals surface area (Å²) >= 11 is 0. The molecule has 0 amide bonds. The van der Waals surface area contributed by atoms with Crippen LogP contribution in [-0.2, 0) is 6.42 Å². The van der Waals surface area contributed by atoms with E-state index in [1.165, 1.54) is 0 Å². The molecule has 1 aromatic carbocycles. The van der Waals surface area contributed by atoms with Gasteiger partial charge in [-0.3, -0.25) is 0 Å². The molecule has 1 rings (SSSR count). The highest BCUT2D eigenvalue weighted by atomic mass is 14.7. The number of nitrogen functional groups attached to an aromatic ring is 3. The minimum absolute atomic E-state index is 0.622. The van der Waals surface area contributed by atoms with Gasteiger partial charge in [-0.05, 0) is 24.1 Å². The molecule has 0 heterocycles. The molecule has 1 aromatic rings. The average Bonchev–Trinajstić information content (AvgIpc) is 1.85. The predicted octanol–water partition coefficient (Wildman–Crippen LogP) is 0.996. The highest BCUT2D eigenvalue weighted by Crippen LogP contribution is 2.23. The lowest BCUT2D eigenvalue weighted by atomic mass is 10.1. The third-order valence-corrected chi connectivity index (χ3v) is 1.69. The smallest absolute Gasteiger partial charge is 0.0387 e. The zero-order valence-corrected chi connectivity index (χ0v) is 6.59. The molecule has 3 heteroatoms. The molecule has 0 aliphatic rings. The van der Waals surface area contributed by atoms with Crippen LogP contribution < -0.4 is 17.2 Å². The summed E-state index contributed by atoms with van der Waals surface area (Å²) in [7, 11) is 0. The Kier molecular flexibility index (Phi) is 1.89. The van der Waals surface area contributed by atoms with Crippen molar-refractivity contribution in [1.82, 2.24) is 0 Å². The van der Waals surface area contributed by atoms with Crippen LogP contribution in [0.1, 0.15) is 12.5 Å². The van der Waals surface area contributed by atoms with Crippen molar-refractivity contribution in [3.8, 4) is 0 Å². The first-order chi connectivity index (χ1) is 5.15. The van der Waals surface area contributed by atoms with E-state index in [1.54, 1.807) is 12.1 Å². The Balaban J connectivity index is 3.25. The van der Waals surface area contributed by atoms with E-state index >= 15 is 0 Å². The first-order valence-electron chi connectivity index (χ1n) is 3.58. The summed E-state index contributed by atoms with van der Waals surface area (Å²) < 4.78 is 0. The van der Waals surface area contributed by atoms with Crippen LogP contribution >= 0.6 is 0 Å². The third kappa shape index (κ3) is 1.37. The van der Waals surface area contributed by atoms with Gasteiger partial charge in [0.1, 0.15) is 0 Å². The summed E-state index contributed by atoms with van der Waals surface area (Å²) in [5.41, 5.74) is 19.8. The van der Waals surface area contributed by atoms with Gasteiger partial charge in [0.25, 0.3) is 0 Å². The maximum Gasteiger partial charge on any atom is 0.0387 e. The monoisotopic (exact) mass is 151 g/mol. The Hall–Kier alpha value is -1.38. The van der Waals surface area contributed by atoms with Crippen molar-refractivity contribution in [2.75, 3.05) is 17.2 Å². The molecule has 0 aromatic heterocycles. The first kappa shape index (κ1) is 7.72. The van der Waals surface area contributed by atoms with Gasteiger partial charge in [0.2, 0.25) is 0 Å². The molecule has 0 fully saturated rings. The fraction of sp³-hybridized carbons (Fsp3) is 0.250. The minimum Gasteiger partial charge on any atom is -0.399 e. The Bertz CT molecular complexity index is 245. The van der Waals surface area contributed by atoms with Crippen molar-refractivity contribution in [1.29, 1.82) is 0 Å². The van der Waals surface area contributed by atoms with Gasteiger partial charge < -0.3 is 17.2 Å². The van der Waals surface area contributed by atoms with Crippen LogP contribution in [0.3, 0.4) is 0 Å². The van der Waals surface area contributed by atoms with Crippen molar-refractivity contribution >= 4 is 17.1 Å². The van der Waals surface area contributed by atoms with E-state index < -0.39 is 0 Å². The van der Waals surface area contributed by atoms with Crippen LogP contribution in [0.15, 0.2) is 12.1 Å². The second-order valence-electron chi connectivity index (χ2n) is 2.53. The fourth-order valence-electron chi connectivity index (χ4n) is 1.15. The molecule has 0 bridgehead atoms. The molecule has 0 radical (unpaired) electrons. The molecule has 60 valence electrons. The minimum atomic E-state index is 0.622. The van der Waals surface area contributed by atoms with E-state index in [0.29, 0.717) is 17.1 Å². The van der Waals surface area contributed by atoms with E-state index in [0.717, 1.165) is 12.0 Å². The van der Waals surface area contributed by atoms with E-state index in [-0.39, 0.29) is 0 Å². The average molecular weight is 151 g/mol. The molecule has 0 saturated heterocycles. The summed E-state index contributed by atoms with van der Waals surface area (Å²) in [4.78, 5) is 0. The maximum atomic E-state index is 5.67. The SMILES string of the molecule is CCc1c(N)cc(N)cc1N. The van der Waals surface area contributed by atoms with Gasteiger partial charge in [0, 0.05) is 17.1 Å². The van der Waals surface area contributed by atoms with Gasteiger partial charge in [0.05, 0.1) is 0 Å². The fourth-order valence-corrected chi connectivity index (χ4v) is 1.15. The number of benzene rings is 1. The lowest BCUT2D eigenvalue weighted by Crippen LogP contribution is -2.00. The van der Waals surface area contributed by atoms with Crippen LogP contribution in [0.25, 0.3) is 0 Å². The van der Waals surface area contributed by atoms with Crippen molar-refractivity contribution in [2.24, 2.45) is 0 Å². The van der Waals surface area contributed by atoms with Crippen molar-refractivity contribution < 1.29 is 0 Å². The maximum absolute atomic E-state index is 5.67. The number of hydrogen-bond donors (Lipinski definition) is 3. The van der Waals surface area contributed by atoms with E-state index in [4.69, 9.17) is 17.2 Å². The quantitative estimate of drug-likeness (QED) is 0.524. The Morgan fingerprint density at radius 1 is 1.09 bits per heavy atom. The van der Waals surface area contributed by atoms with Gasteiger partial charge in [-0.1, -0.05) is 6.92 Å². The van der Waals surface area contributed by atoms with Gasteiger partial charge in [-0.2, -0.15) is 0 Å². The highest BCUT2D eigenvalue weighted by molar-refractivity contribution is 5.68. The van der Waals surface area contributed by atoms with Crippen molar-refractivity contribution in [3.05, 3.63) is 17.7 Å². The summed E-state index contributed by atoms with van der Waals surface area (Å²) in [5.74, 6) is 0. The zero-order chi connectivity index (χ0) is 8.43. The van der Waals surface area contributed by atoms with Crippen molar-refractivity contribution in [3.63, 3.8) is 0 Å². The summed E-state index contributed by atoms with van der Waals surface area (Å²) in [6.45, 7) is 2.01. The summed E-state index contributed by atoms with van der Waals surface area (Å²) in [6.07, 6.45) is 0.845. The molecule has 3 nitrogen and oxygen atoms in total. The number of anilines is 3. The standard InChI is InChI=1S/C8H13N3/c1-2-6-7(10)3-5(9)4-8(6)11/h3-4H,2,9-11H2,1H3. The first-order valence-corrected chi connectivity index (χ1v) is 3.58. The van der Waals surface area contributed by atoms with Crippen LogP contribution in [0, 0.1) is 0 Å². The summed E-state index contributed by atoms with van der Waals surface area (Å²) in [5, 5.41) is 0. The zero-order valence-electron chi connectivity index (χ0n) is 6.59. The Labute approximate surface area is 66.2 Å². The molecule has 0 aliphatic carbocycles. The lowest BCUT2D eigenvalue weighted by molar-refractivity contribution is 1.15. The van der Waals surface area contributed by atoms with Gasteiger partial charge in [-0.25, -0.2) is 0 Å². The third-order valence-electron chi connectivity index (χ3n) is 1.69. The normalized spacial score (nSPS) is 9.91. The molecule has 0 spiro atoms. The van der Waals surface area contributed by atoms with Crippen LogP contribution in [-0.4, -0.2) is 0 Å². The van der Waals surface area contributed by atoms with Crippen molar-refractivity contribution in [2.45, 2.75) is 13.3 Å². The van der Waals surface area contributed by atoms with E-state index in [2.05, 4.69) is 0 Å². The van der Waals surface area contributed by atoms with Crippen LogP contribution in [0.5, 0.6) is 0 Å². The van der Waals surface area contributed by atoms with Gasteiger partial charge in [0.15, 0.2) is 0 Å². The number of nitrogens with two attached hydrogens (primary N) is 3. The van der Waals surface area contributed by atoms with Gasteiger partial charge in [-0.15, -0.1) is 0 Å². The molecule has 0 atom stereocenters. The number of rotatable bonds is 1. The van der Waals surface area contributed by atoms with E-state index in [9.17, 15) is 0 Å². The molecule has 0 unspecified atom stereocenters. The second-order valence-corrected chi connectivity index (χ2v) is 2.53. The molecular formula is C8H13N3. The lowest BCUT2D eigenvalue weighted by Gasteiger charge is -2.07. The molecular weight excluding hydrogens is 138 g/mol. The molecule has 0 saturated carbocycles. The van der Waals surface area contributed by atoms with Crippen LogP contribution in [0.4, 0.5) is 17.1 Å². The molecule has 0 aliphatic heterocycles. The number of hydrogen-bond acceptors (Lipinski definition) is 3. The van der Waals surface area contributed by atoms with Crippen LogP contribution in [0.2, 0.25) is 0 Å². The summed E-state index contributed by atoms with van der Waals surface area (Å²) in [6, 6.07) is 3.46. The van der Waals surface area contributed by atoms with E-state index in [1.807, 2.05) is 6.92 Å². The Morgan fingerprint density at radius 2 is 1.55 bits per heavy atom.